The molecule has 0 atom stereocenters. The molecule has 0 amide bonds. The van der Waals surface area contributed by atoms with Crippen LogP contribution >= 0.6 is 11.3 Å². The first kappa shape index (κ1) is 13.6. The van der Waals surface area contributed by atoms with Crippen molar-refractivity contribution >= 4 is 11.3 Å². The normalized spacial score (nSPS) is 11.9. The van der Waals surface area contributed by atoms with E-state index >= 15 is 0 Å². The van der Waals surface area contributed by atoms with Gasteiger partial charge in [-0.1, -0.05) is 12.8 Å². The van der Waals surface area contributed by atoms with Gasteiger partial charge in [-0.25, -0.2) is 4.98 Å². The monoisotopic (exact) mass is 241 g/mol. The van der Waals surface area contributed by atoms with Crippen molar-refractivity contribution in [2.45, 2.75) is 45.1 Å². The highest BCUT2D eigenvalue weighted by atomic mass is 32.1. The Morgan fingerprint density at radius 3 is 2.69 bits per heavy atom. The van der Waals surface area contributed by atoms with Crippen molar-refractivity contribution in [1.29, 1.82) is 0 Å². The summed E-state index contributed by atoms with van der Waals surface area (Å²) in [6.45, 7) is 6.24. The molecule has 0 radical (unpaired) electrons. The second-order valence-electron chi connectivity index (χ2n) is 4.59. The molecule has 4 heteroatoms. The Bertz CT molecular complexity index is 270. The van der Waals surface area contributed by atoms with E-state index in [1.807, 2.05) is 11.6 Å². The molecule has 1 heterocycles. The molecular formula is C12H23N3S. The minimum absolute atomic E-state index is 0.00202. The van der Waals surface area contributed by atoms with Gasteiger partial charge in [0, 0.05) is 11.6 Å². The molecule has 3 N–H and O–H groups in total. The quantitative estimate of drug-likeness (QED) is 0.688. The van der Waals surface area contributed by atoms with E-state index in [2.05, 4.69) is 24.1 Å². The fourth-order valence-electron chi connectivity index (χ4n) is 1.63. The first-order chi connectivity index (χ1) is 7.67. The SMILES string of the molecule is CC(C)(NCCCCCCN)c1nccs1. The Balaban J connectivity index is 2.17. The molecule has 0 aromatic carbocycles. The van der Waals surface area contributed by atoms with Crippen LogP contribution < -0.4 is 11.1 Å². The predicted molar refractivity (Wildman–Crippen MR) is 70.7 cm³/mol. The molecule has 0 fully saturated rings. The van der Waals surface area contributed by atoms with Gasteiger partial charge in [0.15, 0.2) is 0 Å². The molecule has 0 spiro atoms. The number of aromatic nitrogens is 1. The fraction of sp³-hybridized carbons (Fsp3) is 0.750. The van der Waals surface area contributed by atoms with Crippen molar-refractivity contribution in [3.8, 4) is 0 Å². The molecule has 0 saturated carbocycles. The van der Waals surface area contributed by atoms with Gasteiger partial charge in [0.1, 0.15) is 5.01 Å². The summed E-state index contributed by atoms with van der Waals surface area (Å²) in [5, 5.41) is 6.74. The molecule has 16 heavy (non-hydrogen) atoms. The van der Waals surface area contributed by atoms with Crippen molar-refractivity contribution in [3.63, 3.8) is 0 Å². The van der Waals surface area contributed by atoms with Crippen LogP contribution in [0, 0.1) is 0 Å². The maximum atomic E-state index is 5.45. The summed E-state index contributed by atoms with van der Waals surface area (Å²) in [6, 6.07) is 0. The zero-order valence-electron chi connectivity index (χ0n) is 10.3. The van der Waals surface area contributed by atoms with Crippen LogP contribution in [0.4, 0.5) is 0 Å². The van der Waals surface area contributed by atoms with Crippen LogP contribution in [-0.4, -0.2) is 18.1 Å². The highest BCUT2D eigenvalue weighted by Crippen LogP contribution is 2.21. The molecule has 0 bridgehead atoms. The third kappa shape index (κ3) is 4.60. The summed E-state index contributed by atoms with van der Waals surface area (Å²) in [5.74, 6) is 0. The molecule has 0 aliphatic carbocycles. The van der Waals surface area contributed by atoms with Crippen LogP contribution in [0.15, 0.2) is 11.6 Å². The number of rotatable bonds is 8. The highest BCUT2D eigenvalue weighted by Gasteiger charge is 2.21. The first-order valence-electron chi connectivity index (χ1n) is 6.02. The molecule has 0 aliphatic heterocycles. The summed E-state index contributed by atoms with van der Waals surface area (Å²) in [4.78, 5) is 4.36. The van der Waals surface area contributed by atoms with Crippen molar-refractivity contribution in [1.82, 2.24) is 10.3 Å². The van der Waals surface area contributed by atoms with E-state index in [1.54, 1.807) is 11.3 Å². The Morgan fingerprint density at radius 1 is 1.31 bits per heavy atom. The van der Waals surface area contributed by atoms with Crippen LogP contribution in [0.1, 0.15) is 44.5 Å². The van der Waals surface area contributed by atoms with E-state index in [0.717, 1.165) is 24.5 Å². The maximum absolute atomic E-state index is 5.45. The molecule has 92 valence electrons. The van der Waals surface area contributed by atoms with Gasteiger partial charge >= 0.3 is 0 Å². The summed E-state index contributed by atoms with van der Waals surface area (Å²) in [6.07, 6.45) is 6.74. The van der Waals surface area contributed by atoms with E-state index in [0.29, 0.717) is 0 Å². The highest BCUT2D eigenvalue weighted by molar-refractivity contribution is 7.09. The van der Waals surface area contributed by atoms with Crippen LogP contribution in [0.25, 0.3) is 0 Å². The van der Waals surface area contributed by atoms with E-state index in [9.17, 15) is 0 Å². The van der Waals surface area contributed by atoms with E-state index in [1.165, 1.54) is 19.3 Å². The number of hydrogen-bond acceptors (Lipinski definition) is 4. The maximum Gasteiger partial charge on any atom is 0.112 e. The Hall–Kier alpha value is -0.450. The van der Waals surface area contributed by atoms with Gasteiger partial charge in [-0.2, -0.15) is 0 Å². The number of thiazole rings is 1. The van der Waals surface area contributed by atoms with E-state index in [4.69, 9.17) is 5.73 Å². The average molecular weight is 241 g/mol. The number of hydrogen-bond donors (Lipinski definition) is 2. The van der Waals surface area contributed by atoms with Crippen LogP contribution in [-0.2, 0) is 5.54 Å². The summed E-state index contributed by atoms with van der Waals surface area (Å²) < 4.78 is 0. The van der Waals surface area contributed by atoms with Gasteiger partial charge in [0.25, 0.3) is 0 Å². The number of nitrogens with two attached hydrogens (primary N) is 1. The zero-order valence-corrected chi connectivity index (χ0v) is 11.1. The lowest BCUT2D eigenvalue weighted by molar-refractivity contribution is 0.393. The minimum atomic E-state index is 0.00202. The Labute approximate surface area is 102 Å². The number of unbranched alkanes of at least 4 members (excludes halogenated alkanes) is 3. The van der Waals surface area contributed by atoms with Gasteiger partial charge in [0.05, 0.1) is 5.54 Å². The Morgan fingerprint density at radius 2 is 2.06 bits per heavy atom. The summed E-state index contributed by atoms with van der Waals surface area (Å²) in [5.41, 5.74) is 5.46. The largest absolute Gasteiger partial charge is 0.330 e. The molecule has 3 nitrogen and oxygen atoms in total. The second kappa shape index (κ2) is 6.99. The smallest absolute Gasteiger partial charge is 0.112 e. The van der Waals surface area contributed by atoms with Gasteiger partial charge in [0.2, 0.25) is 0 Å². The van der Waals surface area contributed by atoms with Crippen LogP contribution in [0.3, 0.4) is 0 Å². The van der Waals surface area contributed by atoms with Gasteiger partial charge in [-0.15, -0.1) is 11.3 Å². The molecule has 1 aromatic heterocycles. The summed E-state index contributed by atoms with van der Waals surface area (Å²) in [7, 11) is 0. The lowest BCUT2D eigenvalue weighted by Crippen LogP contribution is -2.37. The number of nitrogens with one attached hydrogen (secondary N) is 1. The lowest BCUT2D eigenvalue weighted by Gasteiger charge is -2.23. The topological polar surface area (TPSA) is 50.9 Å². The minimum Gasteiger partial charge on any atom is -0.330 e. The van der Waals surface area contributed by atoms with Crippen molar-refractivity contribution < 1.29 is 0 Å². The zero-order chi connectivity index (χ0) is 11.9. The molecular weight excluding hydrogens is 218 g/mol. The standard InChI is InChI=1S/C12H23N3S/c1-12(2,11-14-9-10-16-11)15-8-6-4-3-5-7-13/h9-10,15H,3-8,13H2,1-2H3. The van der Waals surface area contributed by atoms with Crippen molar-refractivity contribution in [2.24, 2.45) is 5.73 Å². The van der Waals surface area contributed by atoms with E-state index in [-0.39, 0.29) is 5.54 Å². The number of nitrogens with zero attached hydrogens (tertiary/aromatic N) is 1. The molecule has 0 aliphatic rings. The lowest BCUT2D eigenvalue weighted by atomic mass is 10.1. The molecule has 0 unspecified atom stereocenters. The first-order valence-corrected chi connectivity index (χ1v) is 6.90. The predicted octanol–water partition coefficient (Wildman–Crippen LogP) is 2.49. The van der Waals surface area contributed by atoms with Gasteiger partial charge in [-0.05, 0) is 39.8 Å². The fourth-order valence-corrected chi connectivity index (χ4v) is 2.37. The molecule has 0 saturated heterocycles. The van der Waals surface area contributed by atoms with Crippen molar-refractivity contribution in [3.05, 3.63) is 16.6 Å². The van der Waals surface area contributed by atoms with Gasteiger partial charge in [-0.3, -0.25) is 0 Å². The molecule has 1 aromatic rings. The van der Waals surface area contributed by atoms with Crippen LogP contribution in [0.2, 0.25) is 0 Å². The summed E-state index contributed by atoms with van der Waals surface area (Å²) >= 11 is 1.71. The second-order valence-corrected chi connectivity index (χ2v) is 5.49. The Kier molecular flexibility index (Phi) is 5.95. The average Bonchev–Trinajstić information content (AvgIpc) is 2.77. The van der Waals surface area contributed by atoms with E-state index < -0.39 is 0 Å². The van der Waals surface area contributed by atoms with Crippen molar-refractivity contribution in [2.75, 3.05) is 13.1 Å². The molecule has 1 rings (SSSR count). The van der Waals surface area contributed by atoms with Gasteiger partial charge < -0.3 is 11.1 Å². The third-order valence-corrected chi connectivity index (χ3v) is 3.76. The third-order valence-electron chi connectivity index (χ3n) is 2.66. The van der Waals surface area contributed by atoms with Crippen LogP contribution in [0.5, 0.6) is 0 Å².